The van der Waals surface area contributed by atoms with Gasteiger partial charge in [-0.2, -0.15) is 0 Å². The van der Waals surface area contributed by atoms with Gasteiger partial charge >= 0.3 is 6.09 Å². The van der Waals surface area contributed by atoms with Crippen molar-refractivity contribution in [2.45, 2.75) is 69.8 Å². The van der Waals surface area contributed by atoms with Crippen molar-refractivity contribution >= 4 is 15.9 Å². The Bertz CT molecular complexity index is 829. The van der Waals surface area contributed by atoms with Crippen molar-refractivity contribution < 1.29 is 22.7 Å². The molecule has 0 N–H and O–H groups in total. The Morgan fingerprint density at radius 1 is 1.23 bits per heavy atom. The Hall–Kier alpha value is -1.83. The molecule has 0 aromatic carbocycles. The van der Waals surface area contributed by atoms with Gasteiger partial charge in [0.05, 0.1) is 11.5 Å². The summed E-state index contributed by atoms with van der Waals surface area (Å²) in [6.45, 7) is 7.87. The molecule has 2 heterocycles. The lowest BCUT2D eigenvalue weighted by Crippen LogP contribution is -2.49. The molecular formula is C22H34N2O5S. The molecule has 1 amide bonds. The van der Waals surface area contributed by atoms with Crippen LogP contribution in [-0.4, -0.2) is 55.9 Å². The van der Waals surface area contributed by atoms with Gasteiger partial charge in [-0.15, -0.1) is 0 Å². The third kappa shape index (κ3) is 6.09. The molecular weight excluding hydrogens is 404 g/mol. The first kappa shape index (κ1) is 22.8. The van der Waals surface area contributed by atoms with Crippen LogP contribution >= 0.6 is 0 Å². The molecule has 1 aliphatic carbocycles. The topological polar surface area (TPSA) is 85.8 Å². The summed E-state index contributed by atoms with van der Waals surface area (Å²) in [7, 11) is -3.23. The predicted molar refractivity (Wildman–Crippen MR) is 114 cm³/mol. The van der Waals surface area contributed by atoms with Gasteiger partial charge in [0.25, 0.3) is 0 Å². The van der Waals surface area contributed by atoms with E-state index in [-0.39, 0.29) is 11.0 Å². The zero-order valence-electron chi connectivity index (χ0n) is 18.5. The van der Waals surface area contributed by atoms with E-state index in [1.807, 2.05) is 25.7 Å². The lowest BCUT2D eigenvalue weighted by atomic mass is 9.56. The predicted octanol–water partition coefficient (Wildman–Crippen LogP) is 4.07. The summed E-state index contributed by atoms with van der Waals surface area (Å²) < 4.78 is 34.0. The van der Waals surface area contributed by atoms with Gasteiger partial charge in [0.2, 0.25) is 5.88 Å². The molecule has 2 aliphatic rings. The number of ether oxygens (including phenoxy) is 2. The highest BCUT2D eigenvalue weighted by atomic mass is 32.2. The maximum absolute atomic E-state index is 12.2. The van der Waals surface area contributed by atoms with Crippen LogP contribution in [0.1, 0.15) is 59.3 Å². The van der Waals surface area contributed by atoms with Crippen molar-refractivity contribution in [3.63, 3.8) is 0 Å². The summed E-state index contributed by atoms with van der Waals surface area (Å²) in [6.07, 6.45) is 8.99. The number of pyridine rings is 1. The van der Waals surface area contributed by atoms with E-state index in [1.165, 1.54) is 25.1 Å². The van der Waals surface area contributed by atoms with Crippen LogP contribution in [0.4, 0.5) is 4.79 Å². The molecule has 0 atom stereocenters. The van der Waals surface area contributed by atoms with E-state index in [0.717, 1.165) is 50.9 Å². The van der Waals surface area contributed by atoms with Crippen LogP contribution < -0.4 is 4.74 Å². The third-order valence-electron chi connectivity index (χ3n) is 6.06. The quantitative estimate of drug-likeness (QED) is 0.622. The lowest BCUT2D eigenvalue weighted by molar-refractivity contribution is -0.0301. The van der Waals surface area contributed by atoms with Crippen LogP contribution in [0, 0.1) is 11.3 Å². The second-order valence-electron chi connectivity index (χ2n) is 9.84. The Morgan fingerprint density at radius 2 is 1.90 bits per heavy atom. The zero-order valence-corrected chi connectivity index (χ0v) is 19.3. The largest absolute Gasteiger partial charge is 0.478 e. The number of carbonyl (C=O) groups is 1. The molecule has 168 valence electrons. The molecule has 0 unspecified atom stereocenters. The average molecular weight is 439 g/mol. The first-order valence-corrected chi connectivity index (χ1v) is 12.6. The number of carbonyl (C=O) groups excluding carboxylic acids is 1. The van der Waals surface area contributed by atoms with E-state index in [0.29, 0.717) is 17.9 Å². The minimum absolute atomic E-state index is 0.191. The van der Waals surface area contributed by atoms with Crippen LogP contribution in [-0.2, 0) is 14.6 Å². The van der Waals surface area contributed by atoms with Gasteiger partial charge in [-0.25, -0.2) is 18.2 Å². The highest BCUT2D eigenvalue weighted by Crippen LogP contribution is 2.54. The Morgan fingerprint density at radius 3 is 2.43 bits per heavy atom. The minimum Gasteiger partial charge on any atom is -0.478 e. The summed E-state index contributed by atoms with van der Waals surface area (Å²) >= 11 is 0. The molecule has 0 bridgehead atoms. The summed E-state index contributed by atoms with van der Waals surface area (Å²) in [5.74, 6) is 1.18. The molecule has 0 radical (unpaired) electrons. The normalized spacial score (nSPS) is 19.4. The maximum Gasteiger partial charge on any atom is 0.410 e. The molecule has 1 aliphatic heterocycles. The molecule has 1 aromatic rings. The van der Waals surface area contributed by atoms with Gasteiger partial charge in [0, 0.05) is 31.6 Å². The van der Waals surface area contributed by atoms with E-state index >= 15 is 0 Å². The van der Waals surface area contributed by atoms with Crippen molar-refractivity contribution in [1.29, 1.82) is 0 Å². The highest BCUT2D eigenvalue weighted by molar-refractivity contribution is 7.90. The molecule has 3 rings (SSSR count). The van der Waals surface area contributed by atoms with Crippen molar-refractivity contribution in [1.82, 2.24) is 9.88 Å². The van der Waals surface area contributed by atoms with Crippen molar-refractivity contribution in [2.24, 2.45) is 11.3 Å². The summed E-state index contributed by atoms with van der Waals surface area (Å²) in [6, 6.07) is 3.13. The molecule has 8 heteroatoms. The van der Waals surface area contributed by atoms with Crippen molar-refractivity contribution in [3.05, 3.63) is 18.3 Å². The number of likely N-dealkylation sites (tertiary alicyclic amines) is 1. The Labute approximate surface area is 180 Å². The standard InChI is InChI=1S/C22H34N2O5S/c1-21(2,3)29-20(25)24-11-9-22(10-12-24)14-17(15-22)6-5-13-28-19-8-7-18(16-23-19)30(4,26)27/h7-8,16-17H,5-6,9-15H2,1-4H3. The van der Waals surface area contributed by atoms with Gasteiger partial charge in [0.1, 0.15) is 5.60 Å². The molecule has 2 fully saturated rings. The van der Waals surface area contributed by atoms with Crippen LogP contribution in [0.25, 0.3) is 0 Å². The number of rotatable bonds is 6. The number of sulfone groups is 1. The molecule has 1 aromatic heterocycles. The molecule has 30 heavy (non-hydrogen) atoms. The highest BCUT2D eigenvalue weighted by Gasteiger charge is 2.46. The second kappa shape index (κ2) is 8.73. The van der Waals surface area contributed by atoms with Gasteiger partial charge < -0.3 is 14.4 Å². The van der Waals surface area contributed by atoms with Gasteiger partial charge in [0.15, 0.2) is 9.84 Å². The van der Waals surface area contributed by atoms with Crippen LogP contribution in [0.5, 0.6) is 5.88 Å². The van der Waals surface area contributed by atoms with Gasteiger partial charge in [-0.1, -0.05) is 0 Å². The molecule has 7 nitrogen and oxygen atoms in total. The Balaban J connectivity index is 1.32. The van der Waals surface area contributed by atoms with E-state index in [2.05, 4.69) is 4.98 Å². The first-order chi connectivity index (χ1) is 14.0. The van der Waals surface area contributed by atoms with Crippen molar-refractivity contribution in [3.8, 4) is 5.88 Å². The molecule has 1 saturated carbocycles. The van der Waals surface area contributed by atoms with Crippen LogP contribution in [0.2, 0.25) is 0 Å². The summed E-state index contributed by atoms with van der Waals surface area (Å²) in [5, 5.41) is 0. The fraction of sp³-hybridized carbons (Fsp3) is 0.727. The monoisotopic (exact) mass is 438 g/mol. The summed E-state index contributed by atoms with van der Waals surface area (Å²) in [5.41, 5.74) is -0.0335. The van der Waals surface area contributed by atoms with E-state index in [4.69, 9.17) is 9.47 Å². The minimum atomic E-state index is -3.23. The van der Waals surface area contributed by atoms with E-state index in [9.17, 15) is 13.2 Å². The molecule has 1 spiro atoms. The first-order valence-electron chi connectivity index (χ1n) is 10.7. The lowest BCUT2D eigenvalue weighted by Gasteiger charge is -2.52. The maximum atomic E-state index is 12.2. The smallest absolute Gasteiger partial charge is 0.410 e. The summed E-state index contributed by atoms with van der Waals surface area (Å²) in [4.78, 5) is 18.3. The second-order valence-corrected chi connectivity index (χ2v) is 11.9. The van der Waals surface area contributed by atoms with Gasteiger partial charge in [-0.05, 0) is 76.7 Å². The van der Waals surface area contributed by atoms with Crippen LogP contribution in [0.15, 0.2) is 23.2 Å². The fourth-order valence-corrected chi connectivity index (χ4v) is 5.05. The van der Waals surface area contributed by atoms with Crippen molar-refractivity contribution in [2.75, 3.05) is 26.0 Å². The number of hydrogen-bond donors (Lipinski definition) is 0. The average Bonchev–Trinajstić information content (AvgIpc) is 2.62. The van der Waals surface area contributed by atoms with E-state index in [1.54, 1.807) is 6.07 Å². The molecule has 1 saturated heterocycles. The van der Waals surface area contributed by atoms with Gasteiger partial charge in [-0.3, -0.25) is 0 Å². The van der Waals surface area contributed by atoms with Crippen LogP contribution in [0.3, 0.4) is 0 Å². The zero-order chi connectivity index (χ0) is 22.0. The number of aromatic nitrogens is 1. The fourth-order valence-electron chi connectivity index (χ4n) is 4.49. The van der Waals surface area contributed by atoms with E-state index < -0.39 is 15.4 Å². The number of amides is 1. The number of piperidine rings is 1. The Kier molecular flexibility index (Phi) is 6.65. The number of hydrogen-bond acceptors (Lipinski definition) is 6. The third-order valence-corrected chi connectivity index (χ3v) is 7.16. The number of nitrogens with zero attached hydrogens (tertiary/aromatic N) is 2. The SMILES string of the molecule is CC(C)(C)OC(=O)N1CCC2(CC1)CC(CCCOc1ccc(S(C)(=O)=O)cn1)C2.